The first-order valence-electron chi connectivity index (χ1n) is 4.78. The molecule has 0 bridgehead atoms. The molecule has 5 heteroatoms. The summed E-state index contributed by atoms with van der Waals surface area (Å²) in [5.74, 6) is -1.36. The summed E-state index contributed by atoms with van der Waals surface area (Å²) in [4.78, 5) is 11.4. The number of esters is 1. The average molecular weight is 263 g/mol. The van der Waals surface area contributed by atoms with Crippen molar-refractivity contribution in [2.75, 3.05) is 0 Å². The van der Waals surface area contributed by atoms with E-state index >= 15 is 0 Å². The monoisotopic (exact) mass is 262 g/mol. The van der Waals surface area contributed by atoms with Gasteiger partial charge in [-0.15, -0.1) is 23.2 Å². The number of hydrogen-bond donors (Lipinski definition) is 0. The highest BCUT2D eigenvalue weighted by Gasteiger charge is 2.57. The van der Waals surface area contributed by atoms with Gasteiger partial charge in [0.25, 0.3) is 0 Å². The van der Waals surface area contributed by atoms with Crippen molar-refractivity contribution in [3.63, 3.8) is 0 Å². The van der Waals surface area contributed by atoms with Crippen LogP contribution in [0.3, 0.4) is 0 Å². The molecule has 0 N–H and O–H groups in total. The molecular weight excluding hydrogens is 254 g/mol. The number of carbonyl (C=O) groups excluding carboxylic acids is 1. The topological polar surface area (TPSA) is 26.3 Å². The van der Waals surface area contributed by atoms with E-state index in [1.54, 1.807) is 18.2 Å². The lowest BCUT2D eigenvalue weighted by atomic mass is 10.2. The Kier molecular flexibility index (Phi) is 3.08. The van der Waals surface area contributed by atoms with Crippen LogP contribution in [0.25, 0.3) is 0 Å². The number of benzene rings is 1. The zero-order chi connectivity index (χ0) is 11.8. The van der Waals surface area contributed by atoms with Gasteiger partial charge in [-0.2, -0.15) is 0 Å². The molecule has 1 unspecified atom stereocenters. The minimum atomic E-state index is -0.994. The summed E-state index contributed by atoms with van der Waals surface area (Å²) in [5.41, 5.74) is 0.339. The van der Waals surface area contributed by atoms with Crippen LogP contribution in [0.5, 0.6) is 0 Å². The van der Waals surface area contributed by atoms with Crippen LogP contribution in [0.4, 0.5) is 4.39 Å². The first-order chi connectivity index (χ1) is 7.50. The average Bonchev–Trinajstić information content (AvgIpc) is 2.86. The second kappa shape index (κ2) is 4.22. The molecule has 0 heterocycles. The Morgan fingerprint density at radius 1 is 1.50 bits per heavy atom. The summed E-state index contributed by atoms with van der Waals surface area (Å²) in [7, 11) is 0. The highest BCUT2D eigenvalue weighted by molar-refractivity contribution is 6.52. The van der Waals surface area contributed by atoms with Gasteiger partial charge in [-0.3, -0.25) is 4.79 Å². The van der Waals surface area contributed by atoms with Gasteiger partial charge in [-0.1, -0.05) is 18.2 Å². The van der Waals surface area contributed by atoms with Gasteiger partial charge < -0.3 is 4.74 Å². The van der Waals surface area contributed by atoms with Crippen LogP contribution in [0, 0.1) is 11.7 Å². The molecule has 1 atom stereocenters. The lowest BCUT2D eigenvalue weighted by Crippen LogP contribution is -2.11. The Bertz CT molecular complexity index is 420. The normalized spacial score (nSPS) is 21.6. The minimum absolute atomic E-state index is 0.0914. The van der Waals surface area contributed by atoms with Gasteiger partial charge in [0.2, 0.25) is 0 Å². The Balaban J connectivity index is 1.89. The molecule has 1 aromatic rings. The number of carbonyl (C=O) groups is 1. The maximum atomic E-state index is 13.2. The van der Waals surface area contributed by atoms with Gasteiger partial charge in [0.1, 0.15) is 16.8 Å². The van der Waals surface area contributed by atoms with Gasteiger partial charge in [0, 0.05) is 5.56 Å². The molecule has 0 amide bonds. The van der Waals surface area contributed by atoms with E-state index in [0.717, 1.165) is 0 Å². The second-order valence-corrected chi connectivity index (χ2v) is 5.26. The lowest BCUT2D eigenvalue weighted by Gasteiger charge is -2.05. The van der Waals surface area contributed by atoms with Crippen molar-refractivity contribution in [2.45, 2.75) is 17.4 Å². The fourth-order valence-electron chi connectivity index (χ4n) is 1.33. The van der Waals surface area contributed by atoms with E-state index in [1.165, 1.54) is 6.07 Å². The smallest absolute Gasteiger partial charge is 0.312 e. The van der Waals surface area contributed by atoms with Gasteiger partial charge in [0.15, 0.2) is 0 Å². The molecule has 1 aromatic carbocycles. The molecule has 2 nitrogen and oxygen atoms in total. The summed E-state index contributed by atoms with van der Waals surface area (Å²) < 4.78 is 17.1. The zero-order valence-electron chi connectivity index (χ0n) is 8.25. The van der Waals surface area contributed by atoms with Crippen LogP contribution in [0.1, 0.15) is 12.0 Å². The molecule has 0 aliphatic heterocycles. The van der Waals surface area contributed by atoms with Crippen molar-refractivity contribution in [1.29, 1.82) is 0 Å². The molecular formula is C11H9Cl2FO2. The summed E-state index contributed by atoms with van der Waals surface area (Å²) in [5, 5.41) is 0. The quantitative estimate of drug-likeness (QED) is 0.618. The Labute approximate surface area is 102 Å². The third kappa shape index (κ3) is 2.47. The van der Waals surface area contributed by atoms with Gasteiger partial charge in [-0.25, -0.2) is 4.39 Å². The van der Waals surface area contributed by atoms with Crippen LogP contribution in [0.2, 0.25) is 0 Å². The lowest BCUT2D eigenvalue weighted by molar-refractivity contribution is -0.146. The van der Waals surface area contributed by atoms with E-state index in [9.17, 15) is 9.18 Å². The maximum Gasteiger partial charge on any atom is 0.312 e. The molecule has 2 rings (SSSR count). The minimum Gasteiger partial charge on any atom is -0.460 e. The van der Waals surface area contributed by atoms with E-state index in [1.807, 2.05) is 0 Å². The Morgan fingerprint density at radius 2 is 2.12 bits per heavy atom. The summed E-state index contributed by atoms with van der Waals surface area (Å²) >= 11 is 11.4. The third-order valence-corrected chi connectivity index (χ3v) is 3.27. The van der Waals surface area contributed by atoms with Crippen LogP contribution >= 0.6 is 23.2 Å². The Hall–Kier alpha value is -0.800. The molecule has 16 heavy (non-hydrogen) atoms. The van der Waals surface area contributed by atoms with Crippen molar-refractivity contribution >= 4 is 29.2 Å². The fraction of sp³-hybridized carbons (Fsp3) is 0.364. The van der Waals surface area contributed by atoms with E-state index in [2.05, 4.69) is 0 Å². The molecule has 0 aromatic heterocycles. The first-order valence-corrected chi connectivity index (χ1v) is 5.54. The number of rotatable bonds is 3. The van der Waals surface area contributed by atoms with Crippen molar-refractivity contribution in [3.05, 3.63) is 35.6 Å². The van der Waals surface area contributed by atoms with Crippen molar-refractivity contribution in [1.82, 2.24) is 0 Å². The standard InChI is InChI=1S/C11H9Cl2FO2/c12-11(13)5-8(11)10(15)16-6-7-3-1-2-4-9(7)14/h1-4,8H,5-6H2. The Morgan fingerprint density at radius 3 is 2.69 bits per heavy atom. The summed E-state index contributed by atoms with van der Waals surface area (Å²) in [6.45, 7) is -0.0914. The molecule has 1 aliphatic carbocycles. The van der Waals surface area contributed by atoms with Crippen molar-refractivity contribution in [2.24, 2.45) is 5.92 Å². The highest BCUT2D eigenvalue weighted by Crippen LogP contribution is 2.53. The van der Waals surface area contributed by atoms with E-state index in [-0.39, 0.29) is 6.61 Å². The zero-order valence-corrected chi connectivity index (χ0v) is 9.76. The predicted octanol–water partition coefficient (Wildman–Crippen LogP) is 3.06. The largest absolute Gasteiger partial charge is 0.460 e. The summed E-state index contributed by atoms with van der Waals surface area (Å²) in [6.07, 6.45) is 0.395. The molecule has 1 aliphatic rings. The van der Waals surface area contributed by atoms with Gasteiger partial charge >= 0.3 is 5.97 Å². The number of hydrogen-bond acceptors (Lipinski definition) is 2. The number of halogens is 3. The van der Waals surface area contributed by atoms with E-state index in [4.69, 9.17) is 27.9 Å². The maximum absolute atomic E-state index is 13.2. The molecule has 86 valence electrons. The van der Waals surface area contributed by atoms with Crippen LogP contribution in [-0.4, -0.2) is 10.3 Å². The molecule has 0 saturated heterocycles. The van der Waals surface area contributed by atoms with Gasteiger partial charge in [0.05, 0.1) is 5.92 Å². The first kappa shape index (κ1) is 11.7. The number of alkyl halides is 2. The van der Waals surface area contributed by atoms with E-state index < -0.39 is 22.0 Å². The van der Waals surface area contributed by atoms with Crippen LogP contribution in [-0.2, 0) is 16.1 Å². The third-order valence-electron chi connectivity index (χ3n) is 2.44. The van der Waals surface area contributed by atoms with Crippen LogP contribution in [0.15, 0.2) is 24.3 Å². The molecule has 1 saturated carbocycles. The SMILES string of the molecule is O=C(OCc1ccccc1F)C1CC1(Cl)Cl. The second-order valence-electron chi connectivity index (χ2n) is 3.72. The fourth-order valence-corrected chi connectivity index (χ4v) is 1.82. The van der Waals surface area contributed by atoms with Crippen molar-refractivity contribution in [3.8, 4) is 0 Å². The summed E-state index contributed by atoms with van der Waals surface area (Å²) in [6, 6.07) is 6.12. The highest BCUT2D eigenvalue weighted by atomic mass is 35.5. The number of ether oxygens (including phenoxy) is 1. The molecule has 0 spiro atoms. The van der Waals surface area contributed by atoms with Crippen LogP contribution < -0.4 is 0 Å². The molecule has 1 fully saturated rings. The predicted molar refractivity (Wildman–Crippen MR) is 58.7 cm³/mol. The van der Waals surface area contributed by atoms with Gasteiger partial charge in [-0.05, 0) is 12.5 Å². The van der Waals surface area contributed by atoms with Crippen molar-refractivity contribution < 1.29 is 13.9 Å². The molecule has 0 radical (unpaired) electrons. The van der Waals surface area contributed by atoms with E-state index in [0.29, 0.717) is 12.0 Å².